The van der Waals surface area contributed by atoms with Crippen LogP contribution in [0.1, 0.15) is 10.5 Å². The van der Waals surface area contributed by atoms with E-state index in [4.69, 9.17) is 9.47 Å². The number of nitrogens with zero attached hydrogens (tertiary/aromatic N) is 2. The van der Waals surface area contributed by atoms with Gasteiger partial charge in [0.1, 0.15) is 10.3 Å². The predicted octanol–water partition coefficient (Wildman–Crippen LogP) is 1.33. The largest absolute Gasteiger partial charge is 0.494 e. The second-order valence-corrected chi connectivity index (χ2v) is 4.35. The molecule has 2 rings (SSSR count). The Labute approximate surface area is 108 Å². The molecule has 1 aromatic rings. The molecule has 17 heavy (non-hydrogen) atoms. The summed E-state index contributed by atoms with van der Waals surface area (Å²) in [7, 11) is 1.56. The summed E-state index contributed by atoms with van der Waals surface area (Å²) in [5.41, 5.74) is 0.416. The zero-order valence-electron chi connectivity index (χ0n) is 9.48. The molecule has 0 aromatic carbocycles. The Morgan fingerprint density at radius 3 is 2.76 bits per heavy atom. The van der Waals surface area contributed by atoms with E-state index in [1.807, 2.05) is 0 Å². The van der Waals surface area contributed by atoms with Crippen LogP contribution in [0.3, 0.4) is 0 Å². The van der Waals surface area contributed by atoms with Gasteiger partial charge in [0.25, 0.3) is 5.91 Å². The van der Waals surface area contributed by atoms with E-state index in [9.17, 15) is 4.79 Å². The van der Waals surface area contributed by atoms with Crippen LogP contribution in [-0.2, 0) is 4.74 Å². The van der Waals surface area contributed by atoms with Crippen molar-refractivity contribution in [3.8, 4) is 5.75 Å². The van der Waals surface area contributed by atoms with Crippen LogP contribution >= 0.6 is 15.9 Å². The SMILES string of the molecule is COc1ccc(C(=O)N2CCOCC2)nc1Br. The number of carbonyl (C=O) groups excluding carboxylic acids is 1. The Morgan fingerprint density at radius 2 is 2.18 bits per heavy atom. The quantitative estimate of drug-likeness (QED) is 0.773. The molecular weight excluding hydrogens is 288 g/mol. The van der Waals surface area contributed by atoms with E-state index < -0.39 is 0 Å². The summed E-state index contributed by atoms with van der Waals surface area (Å²) in [6.07, 6.45) is 0. The minimum absolute atomic E-state index is 0.0725. The first-order valence-corrected chi connectivity index (χ1v) is 6.09. The van der Waals surface area contributed by atoms with E-state index in [1.54, 1.807) is 24.1 Å². The fourth-order valence-corrected chi connectivity index (χ4v) is 2.11. The Morgan fingerprint density at radius 1 is 1.47 bits per heavy atom. The van der Waals surface area contributed by atoms with Crippen molar-refractivity contribution in [1.29, 1.82) is 0 Å². The molecule has 0 N–H and O–H groups in total. The van der Waals surface area contributed by atoms with Crippen LogP contribution in [0, 0.1) is 0 Å². The van der Waals surface area contributed by atoms with Crippen molar-refractivity contribution < 1.29 is 14.3 Å². The Hall–Kier alpha value is -1.14. The number of morpholine rings is 1. The summed E-state index contributed by atoms with van der Waals surface area (Å²) in [6, 6.07) is 3.39. The molecular formula is C11H13BrN2O3. The van der Waals surface area contributed by atoms with E-state index in [-0.39, 0.29) is 5.91 Å². The summed E-state index contributed by atoms with van der Waals surface area (Å²) < 4.78 is 10.8. The third-order valence-electron chi connectivity index (χ3n) is 2.55. The van der Waals surface area contributed by atoms with Crippen LogP contribution in [0.5, 0.6) is 5.75 Å². The Balaban J connectivity index is 2.16. The summed E-state index contributed by atoms with van der Waals surface area (Å²) in [5.74, 6) is 0.542. The maximum atomic E-state index is 12.1. The van der Waals surface area contributed by atoms with Gasteiger partial charge in [0, 0.05) is 13.1 Å². The highest BCUT2D eigenvalue weighted by Gasteiger charge is 2.20. The summed E-state index contributed by atoms with van der Waals surface area (Å²) in [5, 5.41) is 0. The van der Waals surface area contributed by atoms with Gasteiger partial charge in [-0.25, -0.2) is 4.98 Å². The molecule has 2 heterocycles. The van der Waals surface area contributed by atoms with Gasteiger partial charge < -0.3 is 14.4 Å². The van der Waals surface area contributed by atoms with Crippen LogP contribution < -0.4 is 4.74 Å². The number of carbonyl (C=O) groups is 1. The number of amides is 1. The number of pyridine rings is 1. The standard InChI is InChI=1S/C11H13BrN2O3/c1-16-9-3-2-8(13-10(9)12)11(15)14-4-6-17-7-5-14/h2-3H,4-7H2,1H3. The van der Waals surface area contributed by atoms with E-state index in [1.165, 1.54) is 0 Å². The summed E-state index contributed by atoms with van der Waals surface area (Å²) in [4.78, 5) is 18.0. The molecule has 1 aliphatic rings. The van der Waals surface area contributed by atoms with Crippen LogP contribution in [0.2, 0.25) is 0 Å². The number of halogens is 1. The van der Waals surface area contributed by atoms with E-state index in [0.717, 1.165) is 0 Å². The highest BCUT2D eigenvalue weighted by atomic mass is 79.9. The lowest BCUT2D eigenvalue weighted by Gasteiger charge is -2.26. The number of hydrogen-bond donors (Lipinski definition) is 0. The van der Waals surface area contributed by atoms with Gasteiger partial charge in [-0.05, 0) is 28.1 Å². The van der Waals surface area contributed by atoms with Gasteiger partial charge in [0.2, 0.25) is 0 Å². The van der Waals surface area contributed by atoms with Crippen molar-refractivity contribution >= 4 is 21.8 Å². The van der Waals surface area contributed by atoms with Crippen molar-refractivity contribution in [2.24, 2.45) is 0 Å². The number of methoxy groups -OCH3 is 1. The third-order valence-corrected chi connectivity index (χ3v) is 3.12. The second-order valence-electron chi connectivity index (χ2n) is 3.59. The minimum Gasteiger partial charge on any atom is -0.494 e. The van der Waals surface area contributed by atoms with Crippen molar-refractivity contribution in [3.63, 3.8) is 0 Å². The molecule has 1 aromatic heterocycles. The van der Waals surface area contributed by atoms with Crippen molar-refractivity contribution in [2.45, 2.75) is 0 Å². The van der Waals surface area contributed by atoms with Gasteiger partial charge in [-0.3, -0.25) is 4.79 Å². The first kappa shape index (κ1) is 12.3. The maximum Gasteiger partial charge on any atom is 0.272 e. The molecule has 5 nitrogen and oxygen atoms in total. The molecule has 0 saturated carbocycles. The van der Waals surface area contributed by atoms with Gasteiger partial charge in [-0.1, -0.05) is 0 Å². The highest BCUT2D eigenvalue weighted by molar-refractivity contribution is 9.10. The summed E-state index contributed by atoms with van der Waals surface area (Å²) >= 11 is 3.27. The topological polar surface area (TPSA) is 51.7 Å². The minimum atomic E-state index is -0.0725. The molecule has 0 radical (unpaired) electrons. The van der Waals surface area contributed by atoms with Crippen molar-refractivity contribution in [2.75, 3.05) is 33.4 Å². The molecule has 1 aliphatic heterocycles. The lowest BCUT2D eigenvalue weighted by Crippen LogP contribution is -2.41. The Kier molecular flexibility index (Phi) is 3.96. The fourth-order valence-electron chi connectivity index (χ4n) is 1.62. The van der Waals surface area contributed by atoms with E-state index in [2.05, 4.69) is 20.9 Å². The molecule has 1 fully saturated rings. The predicted molar refractivity (Wildman–Crippen MR) is 65.2 cm³/mol. The number of aromatic nitrogens is 1. The fraction of sp³-hybridized carbons (Fsp3) is 0.455. The molecule has 0 atom stereocenters. The van der Waals surface area contributed by atoms with Crippen molar-refractivity contribution in [1.82, 2.24) is 9.88 Å². The lowest BCUT2D eigenvalue weighted by atomic mass is 10.3. The first-order chi connectivity index (χ1) is 8.22. The molecule has 92 valence electrons. The second kappa shape index (κ2) is 5.46. The van der Waals surface area contributed by atoms with E-state index in [0.29, 0.717) is 42.3 Å². The average molecular weight is 301 g/mol. The monoisotopic (exact) mass is 300 g/mol. The van der Waals surface area contributed by atoms with Crippen LogP contribution in [-0.4, -0.2) is 49.2 Å². The zero-order chi connectivity index (χ0) is 12.3. The average Bonchev–Trinajstić information content (AvgIpc) is 2.39. The summed E-state index contributed by atoms with van der Waals surface area (Å²) in [6.45, 7) is 2.40. The number of hydrogen-bond acceptors (Lipinski definition) is 4. The molecule has 0 spiro atoms. The maximum absolute atomic E-state index is 12.1. The molecule has 6 heteroatoms. The molecule has 1 amide bonds. The van der Waals surface area contributed by atoms with Crippen molar-refractivity contribution in [3.05, 3.63) is 22.4 Å². The van der Waals surface area contributed by atoms with E-state index >= 15 is 0 Å². The lowest BCUT2D eigenvalue weighted by molar-refractivity contribution is 0.0299. The molecule has 0 unspecified atom stereocenters. The molecule has 0 aliphatic carbocycles. The van der Waals surface area contributed by atoms with Gasteiger partial charge >= 0.3 is 0 Å². The highest BCUT2D eigenvalue weighted by Crippen LogP contribution is 2.22. The molecule has 0 bridgehead atoms. The zero-order valence-corrected chi connectivity index (χ0v) is 11.1. The van der Waals surface area contributed by atoms with Gasteiger partial charge in [-0.15, -0.1) is 0 Å². The number of ether oxygens (including phenoxy) is 2. The third kappa shape index (κ3) is 2.76. The normalized spacial score (nSPS) is 15.8. The van der Waals surface area contributed by atoms with Gasteiger partial charge in [0.15, 0.2) is 5.75 Å². The molecule has 1 saturated heterocycles. The Bertz CT molecular complexity index is 419. The van der Waals surface area contributed by atoms with Gasteiger partial charge in [-0.2, -0.15) is 0 Å². The number of rotatable bonds is 2. The van der Waals surface area contributed by atoms with Crippen LogP contribution in [0.25, 0.3) is 0 Å². The first-order valence-electron chi connectivity index (χ1n) is 5.30. The smallest absolute Gasteiger partial charge is 0.272 e. The van der Waals surface area contributed by atoms with Crippen LogP contribution in [0.4, 0.5) is 0 Å². The van der Waals surface area contributed by atoms with Gasteiger partial charge in [0.05, 0.1) is 20.3 Å². The van der Waals surface area contributed by atoms with Crippen LogP contribution in [0.15, 0.2) is 16.7 Å².